The van der Waals surface area contributed by atoms with Gasteiger partial charge in [-0.15, -0.1) is 0 Å². The van der Waals surface area contributed by atoms with Crippen LogP contribution >= 0.6 is 0 Å². The number of hydrogen-bond acceptors (Lipinski definition) is 6. The summed E-state index contributed by atoms with van der Waals surface area (Å²) in [6.07, 6.45) is 0.350. The first-order valence-electron chi connectivity index (χ1n) is 9.50. The number of hydrogen-bond donors (Lipinski definition) is 0. The minimum atomic E-state index is -0.116. The summed E-state index contributed by atoms with van der Waals surface area (Å²) < 4.78 is 10.9. The van der Waals surface area contributed by atoms with Gasteiger partial charge in [0.05, 0.1) is 18.2 Å². The number of carbonyl (C=O) groups is 1. The number of carbonyl (C=O) groups excluding carboxylic acids is 1. The van der Waals surface area contributed by atoms with E-state index in [9.17, 15) is 4.79 Å². The molecule has 1 aromatic heterocycles. The van der Waals surface area contributed by atoms with Crippen molar-refractivity contribution in [2.24, 2.45) is 0 Å². The first kappa shape index (κ1) is 18.7. The van der Waals surface area contributed by atoms with E-state index in [0.29, 0.717) is 49.0 Å². The van der Waals surface area contributed by atoms with Crippen molar-refractivity contribution in [3.63, 3.8) is 0 Å². The van der Waals surface area contributed by atoms with Crippen LogP contribution < -0.4 is 4.74 Å². The number of benzene rings is 2. The number of aromatic nitrogens is 2. The summed E-state index contributed by atoms with van der Waals surface area (Å²) in [4.78, 5) is 18.8. The van der Waals surface area contributed by atoms with Gasteiger partial charge in [0.2, 0.25) is 5.91 Å². The van der Waals surface area contributed by atoms with Gasteiger partial charge < -0.3 is 14.2 Å². The monoisotopic (exact) mass is 388 g/mol. The second-order valence-corrected chi connectivity index (χ2v) is 6.91. The van der Waals surface area contributed by atoms with E-state index in [-0.39, 0.29) is 11.8 Å². The van der Waals surface area contributed by atoms with Crippen molar-refractivity contribution in [2.45, 2.75) is 25.8 Å². The predicted molar refractivity (Wildman–Crippen MR) is 105 cm³/mol. The van der Waals surface area contributed by atoms with Crippen molar-refractivity contribution < 1.29 is 14.1 Å². The van der Waals surface area contributed by atoms with Crippen molar-refractivity contribution in [3.05, 3.63) is 65.5 Å². The van der Waals surface area contributed by atoms with Gasteiger partial charge in [-0.2, -0.15) is 10.2 Å². The van der Waals surface area contributed by atoms with E-state index in [1.54, 1.807) is 18.2 Å². The summed E-state index contributed by atoms with van der Waals surface area (Å²) in [6.45, 7) is 3.60. The number of nitriles is 1. The Morgan fingerprint density at radius 1 is 1.28 bits per heavy atom. The van der Waals surface area contributed by atoms with E-state index in [4.69, 9.17) is 14.5 Å². The fraction of sp³-hybridized carbons (Fsp3) is 0.273. The van der Waals surface area contributed by atoms with Crippen molar-refractivity contribution in [2.75, 3.05) is 13.2 Å². The molecular formula is C22H20N4O3. The summed E-state index contributed by atoms with van der Waals surface area (Å²) in [5, 5.41) is 13.1. The SMILES string of the molecule is CCOc1cccc(CN2CC(c3noc(-c4cccc(C#N)c4)n3)CC2=O)c1. The molecule has 1 atom stereocenters. The fourth-order valence-electron chi connectivity index (χ4n) is 3.46. The Morgan fingerprint density at radius 2 is 2.14 bits per heavy atom. The normalized spacial score (nSPS) is 16.1. The number of amides is 1. The Bertz CT molecular complexity index is 1070. The number of nitrogens with zero attached hydrogens (tertiary/aromatic N) is 4. The molecule has 1 saturated heterocycles. The van der Waals surface area contributed by atoms with E-state index >= 15 is 0 Å². The van der Waals surface area contributed by atoms with Gasteiger partial charge in [0.1, 0.15) is 5.75 Å². The highest BCUT2D eigenvalue weighted by atomic mass is 16.5. The summed E-state index contributed by atoms with van der Waals surface area (Å²) in [5.41, 5.74) is 2.24. The molecule has 146 valence electrons. The summed E-state index contributed by atoms with van der Waals surface area (Å²) in [6, 6.07) is 16.9. The van der Waals surface area contributed by atoms with Gasteiger partial charge in [0.15, 0.2) is 5.82 Å². The van der Waals surface area contributed by atoms with Gasteiger partial charge >= 0.3 is 0 Å². The predicted octanol–water partition coefficient (Wildman–Crippen LogP) is 3.52. The van der Waals surface area contributed by atoms with Crippen LogP contribution in [0.4, 0.5) is 0 Å². The Labute approximate surface area is 168 Å². The minimum Gasteiger partial charge on any atom is -0.494 e. The smallest absolute Gasteiger partial charge is 0.257 e. The van der Waals surface area contributed by atoms with E-state index < -0.39 is 0 Å². The lowest BCUT2D eigenvalue weighted by molar-refractivity contribution is -0.128. The van der Waals surface area contributed by atoms with Gasteiger partial charge in [-0.1, -0.05) is 23.4 Å². The highest BCUT2D eigenvalue weighted by Gasteiger charge is 2.33. The molecule has 0 bridgehead atoms. The van der Waals surface area contributed by atoms with Crippen LogP contribution in [0.1, 0.15) is 36.2 Å². The van der Waals surface area contributed by atoms with Crippen LogP contribution in [-0.4, -0.2) is 34.1 Å². The molecule has 7 heteroatoms. The molecule has 7 nitrogen and oxygen atoms in total. The summed E-state index contributed by atoms with van der Waals surface area (Å²) in [7, 11) is 0. The third-order valence-electron chi connectivity index (χ3n) is 4.84. The zero-order valence-electron chi connectivity index (χ0n) is 16.0. The van der Waals surface area contributed by atoms with Gasteiger partial charge in [-0.25, -0.2) is 0 Å². The molecule has 1 aliphatic rings. The van der Waals surface area contributed by atoms with Gasteiger partial charge in [-0.3, -0.25) is 4.79 Å². The fourth-order valence-corrected chi connectivity index (χ4v) is 3.46. The molecule has 4 rings (SSSR count). The van der Waals surface area contributed by atoms with Crippen LogP contribution in [-0.2, 0) is 11.3 Å². The molecule has 0 spiro atoms. The Kier molecular flexibility index (Phi) is 5.25. The molecule has 1 fully saturated rings. The lowest BCUT2D eigenvalue weighted by Crippen LogP contribution is -2.24. The summed E-state index contributed by atoms with van der Waals surface area (Å²) >= 11 is 0. The topological polar surface area (TPSA) is 92.2 Å². The molecule has 29 heavy (non-hydrogen) atoms. The first-order valence-corrected chi connectivity index (χ1v) is 9.50. The van der Waals surface area contributed by atoms with E-state index in [1.807, 2.05) is 42.2 Å². The molecule has 0 radical (unpaired) electrons. The summed E-state index contributed by atoms with van der Waals surface area (Å²) in [5.74, 6) is 1.62. The average molecular weight is 388 g/mol. The first-order chi connectivity index (χ1) is 14.2. The zero-order chi connectivity index (χ0) is 20.2. The van der Waals surface area contributed by atoms with Crippen LogP contribution in [0.3, 0.4) is 0 Å². The minimum absolute atomic E-state index is 0.0645. The third-order valence-corrected chi connectivity index (χ3v) is 4.84. The van der Waals surface area contributed by atoms with Crippen molar-refractivity contribution in [1.82, 2.24) is 15.0 Å². The molecule has 0 saturated carbocycles. The van der Waals surface area contributed by atoms with Crippen molar-refractivity contribution >= 4 is 5.91 Å². The average Bonchev–Trinajstić information content (AvgIpc) is 3.36. The highest BCUT2D eigenvalue weighted by Crippen LogP contribution is 2.29. The molecule has 1 amide bonds. The third kappa shape index (κ3) is 4.11. The Hall–Kier alpha value is -3.66. The second kappa shape index (κ2) is 8.15. The van der Waals surface area contributed by atoms with Crippen LogP contribution in [0.15, 0.2) is 53.1 Å². The van der Waals surface area contributed by atoms with E-state index in [2.05, 4.69) is 16.2 Å². The quantitative estimate of drug-likeness (QED) is 0.641. The van der Waals surface area contributed by atoms with Crippen molar-refractivity contribution in [3.8, 4) is 23.3 Å². The molecule has 2 heterocycles. The highest BCUT2D eigenvalue weighted by molar-refractivity contribution is 5.79. The van der Waals surface area contributed by atoms with Crippen LogP contribution in [0, 0.1) is 11.3 Å². The number of likely N-dealkylation sites (tertiary alicyclic amines) is 1. The number of rotatable bonds is 6. The maximum absolute atomic E-state index is 12.5. The molecule has 1 unspecified atom stereocenters. The molecule has 0 aliphatic carbocycles. The lowest BCUT2D eigenvalue weighted by Gasteiger charge is -2.16. The van der Waals surface area contributed by atoms with Crippen molar-refractivity contribution in [1.29, 1.82) is 5.26 Å². The lowest BCUT2D eigenvalue weighted by atomic mass is 10.1. The maximum Gasteiger partial charge on any atom is 0.257 e. The van der Waals surface area contributed by atoms with Gasteiger partial charge in [-0.05, 0) is 42.8 Å². The Balaban J connectivity index is 1.46. The van der Waals surface area contributed by atoms with Gasteiger partial charge in [0.25, 0.3) is 5.89 Å². The van der Waals surface area contributed by atoms with Gasteiger partial charge in [0, 0.05) is 31.0 Å². The maximum atomic E-state index is 12.5. The molecule has 2 aromatic carbocycles. The molecule has 3 aromatic rings. The molecule has 1 aliphatic heterocycles. The second-order valence-electron chi connectivity index (χ2n) is 6.91. The standard InChI is InChI=1S/C22H20N4O3/c1-2-28-19-8-4-6-16(10-19)13-26-14-18(11-20(26)27)21-24-22(29-25-21)17-7-3-5-15(9-17)12-23/h3-10,18H,2,11,13-14H2,1H3. The van der Waals surface area contributed by atoms with E-state index in [0.717, 1.165) is 11.3 Å². The molecule has 0 N–H and O–H groups in total. The van der Waals surface area contributed by atoms with Crippen LogP contribution in [0.2, 0.25) is 0 Å². The molecular weight excluding hydrogens is 368 g/mol. The van der Waals surface area contributed by atoms with E-state index in [1.165, 1.54) is 0 Å². The zero-order valence-corrected chi connectivity index (χ0v) is 16.0. The Morgan fingerprint density at radius 3 is 2.97 bits per heavy atom. The number of ether oxygens (including phenoxy) is 1. The van der Waals surface area contributed by atoms with Crippen LogP contribution in [0.5, 0.6) is 5.75 Å². The van der Waals surface area contributed by atoms with Crippen LogP contribution in [0.25, 0.3) is 11.5 Å². The largest absolute Gasteiger partial charge is 0.494 e.